The number of amides is 1. The molecule has 1 aromatic heterocycles. The fourth-order valence-corrected chi connectivity index (χ4v) is 5.19. The Bertz CT molecular complexity index is 740. The van der Waals surface area contributed by atoms with Crippen molar-refractivity contribution >= 4 is 35.8 Å². The van der Waals surface area contributed by atoms with Gasteiger partial charge in [-0.1, -0.05) is 12.8 Å². The van der Waals surface area contributed by atoms with Crippen LogP contribution in [0.15, 0.2) is 21.5 Å². The molecule has 4 rings (SSSR count). The molecule has 1 saturated carbocycles. The van der Waals surface area contributed by atoms with Crippen molar-refractivity contribution in [3.05, 3.63) is 23.7 Å². The molecule has 2 saturated heterocycles. The van der Waals surface area contributed by atoms with E-state index in [9.17, 15) is 4.79 Å². The summed E-state index contributed by atoms with van der Waals surface area (Å²) in [6, 6.07) is 4.61. The van der Waals surface area contributed by atoms with Crippen molar-refractivity contribution in [2.24, 2.45) is 10.9 Å². The Hall–Kier alpha value is -1.29. The Balaban J connectivity index is 0.00000272. The minimum atomic E-state index is 0. The van der Waals surface area contributed by atoms with E-state index in [0.717, 1.165) is 69.5 Å². The van der Waals surface area contributed by atoms with Crippen LogP contribution < -0.4 is 10.6 Å². The minimum Gasteiger partial charge on any atom is -0.465 e. The van der Waals surface area contributed by atoms with Gasteiger partial charge in [0.2, 0.25) is 5.91 Å². The van der Waals surface area contributed by atoms with E-state index < -0.39 is 0 Å². The second-order valence-corrected chi connectivity index (χ2v) is 9.06. The average molecular weight is 543 g/mol. The predicted octanol–water partition coefficient (Wildman–Crippen LogP) is 3.30. The van der Waals surface area contributed by atoms with Crippen molar-refractivity contribution in [2.75, 3.05) is 39.8 Å². The van der Waals surface area contributed by atoms with E-state index in [4.69, 9.17) is 4.42 Å². The lowest BCUT2D eigenvalue weighted by molar-refractivity contribution is -0.134. The Morgan fingerprint density at radius 2 is 1.90 bits per heavy atom. The predicted molar refractivity (Wildman–Crippen MR) is 134 cm³/mol. The SMILES string of the molecule is CN=C(NCC(c1ccc(C)o1)N1CCCC1)NC1CCN(C(=O)C2CCCC2)C1.I. The third-order valence-electron chi connectivity index (χ3n) is 6.90. The quantitative estimate of drug-likeness (QED) is 0.328. The highest BCUT2D eigenvalue weighted by Gasteiger charge is 2.33. The number of rotatable bonds is 6. The van der Waals surface area contributed by atoms with Gasteiger partial charge >= 0.3 is 0 Å². The first-order chi connectivity index (χ1) is 14.6. The Morgan fingerprint density at radius 3 is 2.55 bits per heavy atom. The molecule has 0 aromatic carbocycles. The molecule has 1 aromatic rings. The van der Waals surface area contributed by atoms with Crippen LogP contribution in [0.2, 0.25) is 0 Å². The lowest BCUT2D eigenvalue weighted by atomic mass is 10.1. The maximum Gasteiger partial charge on any atom is 0.225 e. The first-order valence-corrected chi connectivity index (χ1v) is 11.7. The molecule has 1 amide bonds. The van der Waals surface area contributed by atoms with Crippen LogP contribution in [0.5, 0.6) is 0 Å². The van der Waals surface area contributed by atoms with Gasteiger partial charge in [0.05, 0.1) is 6.04 Å². The maximum atomic E-state index is 12.7. The number of nitrogens with one attached hydrogen (secondary N) is 2. The number of carbonyl (C=O) groups excluding carboxylic acids is 1. The maximum absolute atomic E-state index is 12.7. The first kappa shape index (κ1) is 24.4. The number of aryl methyl sites for hydroxylation is 1. The van der Waals surface area contributed by atoms with Crippen molar-refractivity contribution in [1.29, 1.82) is 0 Å². The molecular weight excluding hydrogens is 505 g/mol. The molecule has 2 aliphatic heterocycles. The number of likely N-dealkylation sites (tertiary alicyclic amines) is 2. The van der Waals surface area contributed by atoms with Gasteiger partial charge in [-0.05, 0) is 64.3 Å². The molecule has 31 heavy (non-hydrogen) atoms. The number of furan rings is 1. The first-order valence-electron chi connectivity index (χ1n) is 11.7. The molecule has 8 heteroatoms. The fourth-order valence-electron chi connectivity index (χ4n) is 5.19. The van der Waals surface area contributed by atoms with E-state index in [2.05, 4.69) is 31.5 Å². The van der Waals surface area contributed by atoms with Gasteiger partial charge in [0.15, 0.2) is 5.96 Å². The molecule has 1 aliphatic carbocycles. The molecule has 3 aliphatic rings. The van der Waals surface area contributed by atoms with Crippen molar-refractivity contribution in [3.8, 4) is 0 Å². The zero-order valence-electron chi connectivity index (χ0n) is 18.9. The van der Waals surface area contributed by atoms with Crippen LogP contribution >= 0.6 is 24.0 Å². The van der Waals surface area contributed by atoms with E-state index in [0.29, 0.717) is 5.91 Å². The number of aliphatic imine (C=N–C) groups is 1. The van der Waals surface area contributed by atoms with E-state index in [1.165, 1.54) is 25.7 Å². The van der Waals surface area contributed by atoms with Crippen LogP contribution in [-0.4, -0.2) is 67.5 Å². The summed E-state index contributed by atoms with van der Waals surface area (Å²) >= 11 is 0. The second-order valence-electron chi connectivity index (χ2n) is 9.06. The van der Waals surface area contributed by atoms with Crippen LogP contribution in [0.25, 0.3) is 0 Å². The zero-order valence-corrected chi connectivity index (χ0v) is 21.3. The third kappa shape index (κ3) is 6.15. The highest BCUT2D eigenvalue weighted by molar-refractivity contribution is 14.0. The van der Waals surface area contributed by atoms with Crippen LogP contribution in [0, 0.1) is 12.8 Å². The summed E-state index contributed by atoms with van der Waals surface area (Å²) in [5, 5.41) is 7.05. The number of carbonyl (C=O) groups is 1. The lowest BCUT2D eigenvalue weighted by Crippen LogP contribution is -2.47. The number of hydrogen-bond acceptors (Lipinski definition) is 4. The molecule has 174 valence electrons. The van der Waals surface area contributed by atoms with Gasteiger partial charge in [-0.15, -0.1) is 24.0 Å². The van der Waals surface area contributed by atoms with Gasteiger partial charge in [-0.2, -0.15) is 0 Å². The van der Waals surface area contributed by atoms with Crippen LogP contribution in [-0.2, 0) is 4.79 Å². The van der Waals surface area contributed by atoms with Gasteiger partial charge in [0.1, 0.15) is 11.5 Å². The van der Waals surface area contributed by atoms with Crippen LogP contribution in [0.4, 0.5) is 0 Å². The molecule has 3 fully saturated rings. The summed E-state index contributed by atoms with van der Waals surface area (Å²) in [4.78, 5) is 21.7. The summed E-state index contributed by atoms with van der Waals surface area (Å²) in [5.74, 6) is 3.41. The molecule has 2 atom stereocenters. The molecule has 7 nitrogen and oxygen atoms in total. The smallest absolute Gasteiger partial charge is 0.225 e. The molecule has 2 unspecified atom stereocenters. The second kappa shape index (κ2) is 11.5. The number of guanidine groups is 1. The Labute approximate surface area is 203 Å². The molecule has 0 radical (unpaired) electrons. The molecule has 3 heterocycles. The summed E-state index contributed by atoms with van der Waals surface area (Å²) < 4.78 is 5.96. The fraction of sp³-hybridized carbons (Fsp3) is 0.739. The third-order valence-corrected chi connectivity index (χ3v) is 6.90. The van der Waals surface area contributed by atoms with E-state index in [1.54, 1.807) is 0 Å². The summed E-state index contributed by atoms with van der Waals surface area (Å²) in [5.41, 5.74) is 0. The van der Waals surface area contributed by atoms with Gasteiger partial charge in [-0.3, -0.25) is 14.7 Å². The van der Waals surface area contributed by atoms with Crippen molar-refractivity contribution in [1.82, 2.24) is 20.4 Å². The minimum absolute atomic E-state index is 0. The van der Waals surface area contributed by atoms with Crippen LogP contribution in [0.3, 0.4) is 0 Å². The largest absolute Gasteiger partial charge is 0.465 e. The summed E-state index contributed by atoms with van der Waals surface area (Å²) in [6.07, 6.45) is 8.02. The molecule has 2 N–H and O–H groups in total. The van der Waals surface area contributed by atoms with E-state index in [1.807, 2.05) is 20.0 Å². The number of hydrogen-bond donors (Lipinski definition) is 2. The topological polar surface area (TPSA) is 73.1 Å². The van der Waals surface area contributed by atoms with Gasteiger partial charge in [-0.25, -0.2) is 0 Å². The Morgan fingerprint density at radius 1 is 1.16 bits per heavy atom. The normalized spacial score (nSPS) is 23.7. The highest BCUT2D eigenvalue weighted by atomic mass is 127. The molecular formula is C23H38IN5O2. The number of nitrogens with zero attached hydrogens (tertiary/aromatic N) is 3. The zero-order chi connectivity index (χ0) is 20.9. The molecule has 0 bridgehead atoms. The van der Waals surface area contributed by atoms with Gasteiger partial charge in [0.25, 0.3) is 0 Å². The van der Waals surface area contributed by atoms with Crippen molar-refractivity contribution in [3.63, 3.8) is 0 Å². The van der Waals surface area contributed by atoms with Gasteiger partial charge in [0, 0.05) is 38.6 Å². The molecule has 0 spiro atoms. The standard InChI is InChI=1S/C23H37N5O2.HI/c1-17-9-10-21(30-17)20(27-12-5-6-13-27)15-25-23(24-2)26-19-11-14-28(16-19)22(29)18-7-3-4-8-18;/h9-10,18-20H,3-8,11-16H2,1-2H3,(H2,24,25,26);1H. The number of halogens is 1. The highest BCUT2D eigenvalue weighted by Crippen LogP contribution is 2.28. The van der Waals surface area contributed by atoms with Crippen LogP contribution in [0.1, 0.15) is 62.5 Å². The van der Waals surface area contributed by atoms with E-state index >= 15 is 0 Å². The lowest BCUT2D eigenvalue weighted by Gasteiger charge is -2.27. The summed E-state index contributed by atoms with van der Waals surface area (Å²) in [7, 11) is 1.81. The van der Waals surface area contributed by atoms with Crippen molar-refractivity contribution < 1.29 is 9.21 Å². The monoisotopic (exact) mass is 543 g/mol. The average Bonchev–Trinajstić information content (AvgIpc) is 3.55. The van der Waals surface area contributed by atoms with Gasteiger partial charge < -0.3 is 20.0 Å². The van der Waals surface area contributed by atoms with E-state index in [-0.39, 0.29) is 42.0 Å². The van der Waals surface area contributed by atoms with Crippen molar-refractivity contribution in [2.45, 2.75) is 64.0 Å². The Kier molecular flexibility index (Phi) is 9.06. The summed E-state index contributed by atoms with van der Waals surface area (Å²) in [6.45, 7) is 6.61.